The number of nitrogens with zero attached hydrogens (tertiary/aromatic N) is 3. The third-order valence-electron chi connectivity index (χ3n) is 4.93. The van der Waals surface area contributed by atoms with Gasteiger partial charge in [-0.25, -0.2) is 9.78 Å². The van der Waals surface area contributed by atoms with Crippen molar-refractivity contribution in [3.05, 3.63) is 76.6 Å². The van der Waals surface area contributed by atoms with Gasteiger partial charge in [-0.15, -0.1) is 11.3 Å². The summed E-state index contributed by atoms with van der Waals surface area (Å²) in [5, 5.41) is 6.26. The molecule has 6 heteroatoms. The number of nitrogens with one attached hydrogen (secondary N) is 1. The Bertz CT molecular complexity index is 889. The summed E-state index contributed by atoms with van der Waals surface area (Å²) < 4.78 is 0. The van der Waals surface area contributed by atoms with E-state index in [0.717, 1.165) is 54.6 Å². The number of carbonyl (C=O) groups excluding carboxylic acids is 1. The minimum atomic E-state index is 0.0177. The van der Waals surface area contributed by atoms with E-state index in [1.807, 2.05) is 53.4 Å². The highest BCUT2D eigenvalue weighted by Gasteiger charge is 2.21. The lowest BCUT2D eigenvalue weighted by atomic mass is 10.2. The molecule has 0 radical (unpaired) electrons. The number of benzene rings is 2. The van der Waals surface area contributed by atoms with Crippen LogP contribution in [-0.2, 0) is 13.1 Å². The van der Waals surface area contributed by atoms with E-state index < -0.39 is 0 Å². The zero-order valence-electron chi connectivity index (χ0n) is 15.8. The van der Waals surface area contributed by atoms with Crippen molar-refractivity contribution < 1.29 is 4.79 Å². The van der Waals surface area contributed by atoms with Gasteiger partial charge in [0.15, 0.2) is 0 Å². The monoisotopic (exact) mass is 392 g/mol. The van der Waals surface area contributed by atoms with Gasteiger partial charge in [0.05, 0.1) is 12.2 Å². The Kier molecular flexibility index (Phi) is 5.99. The van der Waals surface area contributed by atoms with Crippen molar-refractivity contribution in [1.82, 2.24) is 20.1 Å². The first-order valence-electron chi connectivity index (χ1n) is 9.57. The van der Waals surface area contributed by atoms with Crippen LogP contribution in [0.15, 0.2) is 66.0 Å². The molecule has 0 unspecified atom stereocenters. The van der Waals surface area contributed by atoms with Crippen molar-refractivity contribution in [2.24, 2.45) is 0 Å². The molecule has 2 amide bonds. The number of hydrogen-bond acceptors (Lipinski definition) is 4. The van der Waals surface area contributed by atoms with Crippen LogP contribution in [-0.4, -0.2) is 47.0 Å². The normalized spacial score (nSPS) is 14.8. The van der Waals surface area contributed by atoms with E-state index in [1.54, 1.807) is 11.3 Å². The Morgan fingerprint density at radius 1 is 0.964 bits per heavy atom. The van der Waals surface area contributed by atoms with Gasteiger partial charge in [0.25, 0.3) is 0 Å². The van der Waals surface area contributed by atoms with Crippen LogP contribution < -0.4 is 5.32 Å². The van der Waals surface area contributed by atoms with Crippen molar-refractivity contribution in [1.29, 1.82) is 0 Å². The predicted octanol–water partition coefficient (Wildman–Crippen LogP) is 3.84. The third kappa shape index (κ3) is 4.77. The molecule has 2 heterocycles. The van der Waals surface area contributed by atoms with Gasteiger partial charge in [0.1, 0.15) is 5.01 Å². The molecular weight excluding hydrogens is 368 g/mol. The summed E-state index contributed by atoms with van der Waals surface area (Å²) in [6.07, 6.45) is 0. The molecule has 144 valence electrons. The van der Waals surface area contributed by atoms with Gasteiger partial charge < -0.3 is 10.2 Å². The molecule has 1 aliphatic heterocycles. The molecule has 4 rings (SSSR count). The second-order valence-electron chi connectivity index (χ2n) is 6.90. The Morgan fingerprint density at radius 2 is 1.64 bits per heavy atom. The zero-order chi connectivity index (χ0) is 19.2. The Labute approximate surface area is 169 Å². The average Bonchev–Trinajstić information content (AvgIpc) is 3.22. The molecule has 2 aromatic carbocycles. The highest BCUT2D eigenvalue weighted by molar-refractivity contribution is 7.09. The summed E-state index contributed by atoms with van der Waals surface area (Å²) in [6.45, 7) is 4.66. The second-order valence-corrected chi connectivity index (χ2v) is 7.84. The second kappa shape index (κ2) is 8.99. The van der Waals surface area contributed by atoms with Crippen molar-refractivity contribution in [3.63, 3.8) is 0 Å². The molecule has 0 aliphatic carbocycles. The minimum Gasteiger partial charge on any atom is -0.334 e. The van der Waals surface area contributed by atoms with Gasteiger partial charge in [0.2, 0.25) is 0 Å². The van der Waals surface area contributed by atoms with E-state index in [-0.39, 0.29) is 6.03 Å². The maximum atomic E-state index is 12.4. The van der Waals surface area contributed by atoms with Gasteiger partial charge in [-0.2, -0.15) is 0 Å². The zero-order valence-corrected chi connectivity index (χ0v) is 16.6. The van der Waals surface area contributed by atoms with Crippen molar-refractivity contribution in [2.45, 2.75) is 13.1 Å². The fraction of sp³-hybridized carbons (Fsp3) is 0.273. The van der Waals surface area contributed by atoms with Crippen molar-refractivity contribution in [2.75, 3.05) is 26.2 Å². The largest absolute Gasteiger partial charge is 0.334 e. The topological polar surface area (TPSA) is 48.5 Å². The molecule has 0 saturated carbocycles. The number of aromatic nitrogens is 1. The lowest BCUT2D eigenvalue weighted by molar-refractivity contribution is 0.135. The lowest BCUT2D eigenvalue weighted by Gasteiger charge is -2.34. The smallest absolute Gasteiger partial charge is 0.317 e. The van der Waals surface area contributed by atoms with E-state index in [9.17, 15) is 4.79 Å². The lowest BCUT2D eigenvalue weighted by Crippen LogP contribution is -2.51. The fourth-order valence-electron chi connectivity index (χ4n) is 3.31. The predicted molar refractivity (Wildman–Crippen MR) is 113 cm³/mol. The number of amides is 2. The van der Waals surface area contributed by atoms with Gasteiger partial charge in [-0.05, 0) is 5.56 Å². The number of carbonyl (C=O) groups is 1. The molecule has 0 atom stereocenters. The van der Waals surface area contributed by atoms with E-state index >= 15 is 0 Å². The maximum absolute atomic E-state index is 12.4. The molecular formula is C22H24N4OS. The summed E-state index contributed by atoms with van der Waals surface area (Å²) in [5.41, 5.74) is 3.32. The molecule has 1 N–H and O–H groups in total. The third-order valence-corrected chi connectivity index (χ3v) is 5.76. The summed E-state index contributed by atoms with van der Waals surface area (Å²) in [6, 6.07) is 20.3. The quantitative estimate of drug-likeness (QED) is 0.718. The number of piperazine rings is 1. The molecule has 1 aromatic heterocycles. The van der Waals surface area contributed by atoms with Crippen LogP contribution >= 0.6 is 11.3 Å². The molecule has 1 fully saturated rings. The van der Waals surface area contributed by atoms with Crippen LogP contribution in [0.3, 0.4) is 0 Å². The number of thiazole rings is 1. The minimum absolute atomic E-state index is 0.0177. The van der Waals surface area contributed by atoms with Gasteiger partial charge in [-0.1, -0.05) is 60.7 Å². The number of hydrogen-bond donors (Lipinski definition) is 1. The summed E-state index contributed by atoms with van der Waals surface area (Å²) in [7, 11) is 0. The first kappa shape index (κ1) is 18.7. The molecule has 1 aliphatic rings. The SMILES string of the molecule is O=C(NCc1ccccc1)N1CCN(Cc2nc(-c3ccccc3)cs2)CC1. The maximum Gasteiger partial charge on any atom is 0.317 e. The Balaban J connectivity index is 1.24. The fourth-order valence-corrected chi connectivity index (χ4v) is 4.16. The molecule has 3 aromatic rings. The van der Waals surface area contributed by atoms with E-state index in [1.165, 1.54) is 0 Å². The molecule has 5 nitrogen and oxygen atoms in total. The van der Waals surface area contributed by atoms with Crippen LogP contribution in [0.25, 0.3) is 11.3 Å². The standard InChI is InChI=1S/C22H24N4OS/c27-22(23-15-18-7-3-1-4-8-18)26-13-11-25(12-14-26)16-21-24-20(17-28-21)19-9-5-2-6-10-19/h1-10,17H,11-16H2,(H,23,27). The van der Waals surface area contributed by atoms with Crippen LogP contribution in [0.1, 0.15) is 10.6 Å². The van der Waals surface area contributed by atoms with E-state index in [0.29, 0.717) is 6.54 Å². The van der Waals surface area contributed by atoms with Crippen molar-refractivity contribution >= 4 is 17.4 Å². The molecule has 1 saturated heterocycles. The highest BCUT2D eigenvalue weighted by Crippen LogP contribution is 2.22. The van der Waals surface area contributed by atoms with Gasteiger partial charge in [-0.3, -0.25) is 4.90 Å². The van der Waals surface area contributed by atoms with Crippen LogP contribution in [0.2, 0.25) is 0 Å². The Morgan fingerprint density at radius 3 is 2.36 bits per heavy atom. The van der Waals surface area contributed by atoms with E-state index in [2.05, 4.69) is 27.7 Å². The molecule has 28 heavy (non-hydrogen) atoms. The first-order valence-corrected chi connectivity index (χ1v) is 10.4. The van der Waals surface area contributed by atoms with Gasteiger partial charge in [0, 0.05) is 43.7 Å². The average molecular weight is 393 g/mol. The number of rotatable bonds is 5. The molecule has 0 bridgehead atoms. The van der Waals surface area contributed by atoms with E-state index in [4.69, 9.17) is 4.98 Å². The van der Waals surface area contributed by atoms with Gasteiger partial charge >= 0.3 is 6.03 Å². The summed E-state index contributed by atoms with van der Waals surface area (Å²) >= 11 is 1.71. The highest BCUT2D eigenvalue weighted by atomic mass is 32.1. The van der Waals surface area contributed by atoms with Crippen molar-refractivity contribution in [3.8, 4) is 11.3 Å². The first-order chi connectivity index (χ1) is 13.8. The summed E-state index contributed by atoms with van der Waals surface area (Å²) in [4.78, 5) is 21.4. The Hall–Kier alpha value is -2.70. The van der Waals surface area contributed by atoms with Crippen LogP contribution in [0, 0.1) is 0 Å². The van der Waals surface area contributed by atoms with Crippen LogP contribution in [0.4, 0.5) is 4.79 Å². The number of urea groups is 1. The summed E-state index contributed by atoms with van der Waals surface area (Å²) in [5.74, 6) is 0. The molecule has 0 spiro atoms. The van der Waals surface area contributed by atoms with Crippen LogP contribution in [0.5, 0.6) is 0 Å².